The third-order valence-corrected chi connectivity index (χ3v) is 5.18. The number of carbonyl (C=O) groups is 2. The van der Waals surface area contributed by atoms with E-state index in [1.54, 1.807) is 0 Å². The molecular weight excluding hydrogens is 290 g/mol. The van der Waals surface area contributed by atoms with E-state index in [1.165, 1.54) is 16.0 Å². The Morgan fingerprint density at radius 2 is 1.87 bits per heavy atom. The second kappa shape index (κ2) is 7.13. The Labute approximate surface area is 137 Å². The maximum Gasteiger partial charge on any atom is 0.321 e. The van der Waals surface area contributed by atoms with E-state index in [-0.39, 0.29) is 24.0 Å². The van der Waals surface area contributed by atoms with Gasteiger partial charge in [0.1, 0.15) is 6.54 Å². The number of amides is 3. The molecule has 0 saturated heterocycles. The van der Waals surface area contributed by atoms with Crippen molar-refractivity contribution in [2.45, 2.75) is 57.7 Å². The van der Waals surface area contributed by atoms with Gasteiger partial charge in [0, 0.05) is 18.0 Å². The Morgan fingerprint density at radius 1 is 1.17 bits per heavy atom. The average molecular weight is 316 g/mol. The summed E-state index contributed by atoms with van der Waals surface area (Å²) in [5.74, 6) is -0.185. The number of urea groups is 1. The van der Waals surface area contributed by atoms with Crippen molar-refractivity contribution in [2.24, 2.45) is 0 Å². The van der Waals surface area contributed by atoms with E-state index in [0.29, 0.717) is 0 Å². The van der Waals surface area contributed by atoms with Crippen LogP contribution in [0.1, 0.15) is 43.7 Å². The number of imide groups is 1. The third-order valence-electron chi connectivity index (χ3n) is 5.18. The molecule has 1 aliphatic carbocycles. The zero-order chi connectivity index (χ0) is 16.2. The van der Waals surface area contributed by atoms with Crippen LogP contribution in [0.15, 0.2) is 24.3 Å². The summed E-state index contributed by atoms with van der Waals surface area (Å²) in [5.41, 5.74) is 2.69. The molecule has 1 aliphatic heterocycles. The Hall–Kier alpha value is -1.88. The first kappa shape index (κ1) is 16.0. The molecule has 1 fully saturated rings. The summed E-state index contributed by atoms with van der Waals surface area (Å²) in [6.07, 6.45) is 5.34. The molecule has 124 valence electrons. The van der Waals surface area contributed by atoms with Crippen molar-refractivity contribution in [3.8, 4) is 0 Å². The number of hydrogen-bond acceptors (Lipinski definition) is 2. The van der Waals surface area contributed by atoms with Crippen LogP contribution in [0.25, 0.3) is 0 Å². The van der Waals surface area contributed by atoms with Crippen LogP contribution in [0, 0.1) is 0 Å². The van der Waals surface area contributed by atoms with Crippen LogP contribution in [0.3, 0.4) is 0 Å². The van der Waals surface area contributed by atoms with Gasteiger partial charge in [-0.25, -0.2) is 4.79 Å². The number of quaternary nitrogens is 1. The molecule has 0 aromatic heterocycles. The molecule has 2 aliphatic rings. The van der Waals surface area contributed by atoms with Crippen molar-refractivity contribution in [2.75, 3.05) is 6.54 Å². The highest BCUT2D eigenvalue weighted by Crippen LogP contribution is 2.17. The highest BCUT2D eigenvalue weighted by atomic mass is 16.2. The molecule has 1 saturated carbocycles. The Kier molecular flexibility index (Phi) is 4.96. The van der Waals surface area contributed by atoms with Gasteiger partial charge in [-0.15, -0.1) is 0 Å². The SMILES string of the molecule is C[C@@H](C(=O)NC(=O)NC1CCCC1)[NH+]1CCc2ccccc2C1. The molecule has 3 amide bonds. The van der Waals surface area contributed by atoms with E-state index in [1.807, 2.05) is 13.0 Å². The van der Waals surface area contributed by atoms with Crippen LogP contribution in [0.5, 0.6) is 0 Å². The van der Waals surface area contributed by atoms with Gasteiger partial charge in [0.25, 0.3) is 5.91 Å². The summed E-state index contributed by atoms with van der Waals surface area (Å²) in [6.45, 7) is 3.67. The molecule has 0 radical (unpaired) electrons. The lowest BCUT2D eigenvalue weighted by molar-refractivity contribution is -0.929. The third kappa shape index (κ3) is 3.91. The largest absolute Gasteiger partial charge is 0.335 e. The number of nitrogens with one attached hydrogen (secondary N) is 3. The summed E-state index contributed by atoms with van der Waals surface area (Å²) in [5, 5.41) is 5.42. The van der Waals surface area contributed by atoms with E-state index < -0.39 is 0 Å². The Bertz CT molecular complexity index is 581. The number of fused-ring (bicyclic) bond motifs is 1. The minimum absolute atomic E-state index is 0.185. The standard InChI is InChI=1S/C18H25N3O2/c1-13(17(22)20-18(23)19-16-8-4-5-9-16)21-11-10-14-6-2-3-7-15(14)12-21/h2-3,6-7,13,16H,4-5,8-12H2,1H3,(H2,19,20,22,23)/p+1/t13-/m0/s1. The van der Waals surface area contributed by atoms with Crippen LogP contribution in [-0.4, -0.2) is 30.6 Å². The number of benzene rings is 1. The zero-order valence-electron chi connectivity index (χ0n) is 13.7. The van der Waals surface area contributed by atoms with Crippen LogP contribution < -0.4 is 15.5 Å². The van der Waals surface area contributed by atoms with Crippen molar-refractivity contribution >= 4 is 11.9 Å². The summed E-state index contributed by atoms with van der Waals surface area (Å²) >= 11 is 0. The zero-order valence-corrected chi connectivity index (χ0v) is 13.7. The first-order valence-electron chi connectivity index (χ1n) is 8.66. The predicted octanol–water partition coefficient (Wildman–Crippen LogP) is 0.785. The average Bonchev–Trinajstić information content (AvgIpc) is 3.06. The molecule has 3 rings (SSSR count). The number of carbonyl (C=O) groups excluding carboxylic acids is 2. The fraction of sp³-hybridized carbons (Fsp3) is 0.556. The Morgan fingerprint density at radius 3 is 2.61 bits per heavy atom. The predicted molar refractivity (Wildman–Crippen MR) is 88.1 cm³/mol. The van der Waals surface area contributed by atoms with Crippen molar-refractivity contribution in [3.05, 3.63) is 35.4 Å². The Balaban J connectivity index is 1.52. The second-order valence-electron chi connectivity index (χ2n) is 6.77. The lowest BCUT2D eigenvalue weighted by Gasteiger charge is -2.29. The maximum atomic E-state index is 12.3. The van der Waals surface area contributed by atoms with E-state index in [9.17, 15) is 9.59 Å². The molecule has 1 aromatic carbocycles. The van der Waals surface area contributed by atoms with Gasteiger partial charge < -0.3 is 10.2 Å². The fourth-order valence-corrected chi connectivity index (χ4v) is 3.67. The van der Waals surface area contributed by atoms with E-state index in [4.69, 9.17) is 0 Å². The van der Waals surface area contributed by atoms with Crippen molar-refractivity contribution in [1.29, 1.82) is 0 Å². The first-order valence-corrected chi connectivity index (χ1v) is 8.66. The van der Waals surface area contributed by atoms with Crippen molar-refractivity contribution < 1.29 is 14.5 Å². The molecule has 5 nitrogen and oxygen atoms in total. The lowest BCUT2D eigenvalue weighted by atomic mass is 9.99. The molecule has 1 aromatic rings. The fourth-order valence-electron chi connectivity index (χ4n) is 3.67. The molecule has 1 heterocycles. The first-order chi connectivity index (χ1) is 11.1. The van der Waals surface area contributed by atoms with Gasteiger partial charge in [0.15, 0.2) is 6.04 Å². The van der Waals surface area contributed by atoms with Gasteiger partial charge in [-0.1, -0.05) is 37.1 Å². The minimum atomic E-state index is -0.342. The monoisotopic (exact) mass is 316 g/mol. The van der Waals surface area contributed by atoms with Gasteiger partial charge >= 0.3 is 6.03 Å². The highest BCUT2D eigenvalue weighted by Gasteiger charge is 2.30. The lowest BCUT2D eigenvalue weighted by Crippen LogP contribution is -3.16. The van der Waals surface area contributed by atoms with Crippen LogP contribution in [0.4, 0.5) is 4.79 Å². The quantitative estimate of drug-likeness (QED) is 0.772. The van der Waals surface area contributed by atoms with Gasteiger partial charge in [0.05, 0.1) is 6.54 Å². The smallest absolute Gasteiger partial charge is 0.321 e. The molecule has 2 atom stereocenters. The summed E-state index contributed by atoms with van der Waals surface area (Å²) < 4.78 is 0. The van der Waals surface area contributed by atoms with Crippen molar-refractivity contribution in [1.82, 2.24) is 10.6 Å². The molecular formula is C18H26N3O2+. The molecule has 0 spiro atoms. The molecule has 0 bridgehead atoms. The van der Waals surface area contributed by atoms with Crippen LogP contribution in [-0.2, 0) is 17.8 Å². The molecule has 1 unspecified atom stereocenters. The van der Waals surface area contributed by atoms with E-state index >= 15 is 0 Å². The number of hydrogen-bond donors (Lipinski definition) is 3. The molecule has 23 heavy (non-hydrogen) atoms. The van der Waals surface area contributed by atoms with Gasteiger partial charge in [-0.05, 0) is 25.3 Å². The van der Waals surface area contributed by atoms with Crippen LogP contribution in [0.2, 0.25) is 0 Å². The van der Waals surface area contributed by atoms with Crippen molar-refractivity contribution in [3.63, 3.8) is 0 Å². The maximum absolute atomic E-state index is 12.3. The normalized spacial score (nSPS) is 22.2. The van der Waals surface area contributed by atoms with Crippen LogP contribution >= 0.6 is 0 Å². The van der Waals surface area contributed by atoms with Gasteiger partial charge in [0.2, 0.25) is 0 Å². The second-order valence-corrected chi connectivity index (χ2v) is 6.77. The molecule has 3 N–H and O–H groups in total. The summed E-state index contributed by atoms with van der Waals surface area (Å²) in [6, 6.07) is 8.06. The molecule has 5 heteroatoms. The topological polar surface area (TPSA) is 62.6 Å². The minimum Gasteiger partial charge on any atom is -0.335 e. The van der Waals surface area contributed by atoms with Gasteiger partial charge in [-0.3, -0.25) is 10.1 Å². The van der Waals surface area contributed by atoms with Gasteiger partial charge in [-0.2, -0.15) is 0 Å². The number of rotatable bonds is 3. The summed E-state index contributed by atoms with van der Waals surface area (Å²) in [7, 11) is 0. The van der Waals surface area contributed by atoms with E-state index in [0.717, 1.165) is 45.2 Å². The summed E-state index contributed by atoms with van der Waals surface area (Å²) in [4.78, 5) is 25.5. The highest BCUT2D eigenvalue weighted by molar-refractivity contribution is 5.96. The van der Waals surface area contributed by atoms with E-state index in [2.05, 4.69) is 28.8 Å².